The number of carbonyl (C=O) groups is 3. The van der Waals surface area contributed by atoms with Crippen molar-refractivity contribution < 1.29 is 31.9 Å². The molecule has 0 bridgehead atoms. The van der Waals surface area contributed by atoms with Crippen molar-refractivity contribution in [2.75, 3.05) is 0 Å². The zero-order valence-corrected chi connectivity index (χ0v) is 19.2. The number of nitrogens with one attached hydrogen (secondary N) is 1. The fourth-order valence-corrected chi connectivity index (χ4v) is 3.19. The van der Waals surface area contributed by atoms with Crippen LogP contribution in [0, 0.1) is 5.82 Å². The average molecular weight is 492 g/mol. The van der Waals surface area contributed by atoms with Gasteiger partial charge in [0, 0.05) is 25.2 Å². The Labute approximate surface area is 198 Å². The summed E-state index contributed by atoms with van der Waals surface area (Å²) in [5.41, 5.74) is 4.42. The summed E-state index contributed by atoms with van der Waals surface area (Å²) in [6.45, 7) is 4.00. The van der Waals surface area contributed by atoms with E-state index in [0.29, 0.717) is 0 Å². The maximum absolute atomic E-state index is 14.3. The average Bonchev–Trinajstić information content (AvgIpc) is 3.21. The quantitative estimate of drug-likeness (QED) is 0.388. The molecule has 0 aliphatic rings. The Hall–Kier alpha value is -4.02. The van der Waals surface area contributed by atoms with Gasteiger partial charge in [-0.2, -0.15) is 18.3 Å². The number of carbonyl (C=O) groups excluding carboxylic acids is 3. The Morgan fingerprint density at radius 3 is 2.20 bits per heavy atom. The maximum Gasteiger partial charge on any atom is 0.416 e. The lowest BCUT2D eigenvalue weighted by Gasteiger charge is -2.17. The molecule has 1 heterocycles. The number of Topliss-reactive ketones (excluding diaryl/α,β-unsaturated/α-hetero) is 1. The third-order valence-electron chi connectivity index (χ3n) is 4.79. The predicted molar refractivity (Wildman–Crippen MR) is 121 cm³/mol. The fourth-order valence-electron chi connectivity index (χ4n) is 3.19. The highest BCUT2D eigenvalue weighted by Gasteiger charge is 2.31. The van der Waals surface area contributed by atoms with E-state index >= 15 is 0 Å². The zero-order chi connectivity index (χ0) is 26.3. The number of nitrogens with zero attached hydrogens (tertiary/aromatic N) is 2. The summed E-state index contributed by atoms with van der Waals surface area (Å²) >= 11 is 0. The Balaban J connectivity index is 0.00000210. The van der Waals surface area contributed by atoms with Gasteiger partial charge in [-0.3, -0.25) is 19.1 Å². The van der Waals surface area contributed by atoms with Gasteiger partial charge in [-0.05, 0) is 29.8 Å². The molecule has 7 nitrogen and oxygen atoms in total. The first-order valence-corrected chi connectivity index (χ1v) is 10.6. The number of benzene rings is 2. The van der Waals surface area contributed by atoms with Gasteiger partial charge >= 0.3 is 6.18 Å². The van der Waals surface area contributed by atoms with Crippen LogP contribution in [-0.2, 0) is 29.2 Å². The molecule has 1 unspecified atom stereocenters. The molecule has 0 spiro atoms. The van der Waals surface area contributed by atoms with Crippen LogP contribution in [0.15, 0.2) is 54.7 Å². The van der Waals surface area contributed by atoms with Gasteiger partial charge < -0.3 is 11.1 Å². The summed E-state index contributed by atoms with van der Waals surface area (Å²) in [7, 11) is 1.51. The van der Waals surface area contributed by atoms with Crippen molar-refractivity contribution in [2.45, 2.75) is 32.5 Å². The molecule has 0 saturated carbocycles. The monoisotopic (exact) mass is 492 g/mol. The van der Waals surface area contributed by atoms with Crippen molar-refractivity contribution in [3.8, 4) is 11.3 Å². The molecular weight excluding hydrogens is 468 g/mol. The molecule has 0 aliphatic carbocycles. The molecule has 0 radical (unpaired) electrons. The van der Waals surface area contributed by atoms with Gasteiger partial charge in [-0.25, -0.2) is 4.39 Å². The second-order valence-electron chi connectivity index (χ2n) is 7.20. The van der Waals surface area contributed by atoms with E-state index < -0.39 is 41.2 Å². The van der Waals surface area contributed by atoms with Crippen LogP contribution in [0.5, 0.6) is 0 Å². The first kappa shape index (κ1) is 27.2. The van der Waals surface area contributed by atoms with Crippen LogP contribution >= 0.6 is 0 Å². The van der Waals surface area contributed by atoms with Crippen molar-refractivity contribution >= 4 is 17.6 Å². The zero-order valence-electron chi connectivity index (χ0n) is 19.2. The minimum atomic E-state index is -4.54. The number of nitrogens with two attached hydrogens (primary N) is 1. The topological polar surface area (TPSA) is 107 Å². The number of aromatic nitrogens is 2. The van der Waals surface area contributed by atoms with Gasteiger partial charge in [0.25, 0.3) is 11.8 Å². The Kier molecular flexibility index (Phi) is 8.87. The number of aryl methyl sites for hydroxylation is 1. The van der Waals surface area contributed by atoms with Crippen molar-refractivity contribution in [2.24, 2.45) is 12.8 Å². The van der Waals surface area contributed by atoms with Gasteiger partial charge in [-0.15, -0.1) is 0 Å². The number of hydrogen-bond acceptors (Lipinski definition) is 4. The molecule has 0 saturated heterocycles. The third-order valence-corrected chi connectivity index (χ3v) is 4.79. The van der Waals surface area contributed by atoms with E-state index in [0.717, 1.165) is 24.3 Å². The standard InChI is InChI=1S/C22H18F4N4O3.C2H6/c1-30-11-15(18(29-30)14-4-2-3-5-16(14)23)21(33)28-17(19(31)20(27)32)10-12-6-8-13(9-7-12)22(24,25)26;1-2/h2-9,11,17H,10H2,1H3,(H2,27,32)(H,28,33);1-2H3. The number of primary amides is 1. The molecule has 35 heavy (non-hydrogen) atoms. The molecule has 2 amide bonds. The summed E-state index contributed by atoms with van der Waals surface area (Å²) < 4.78 is 53.9. The van der Waals surface area contributed by atoms with Crippen LogP contribution in [0.25, 0.3) is 11.3 Å². The molecule has 1 atom stereocenters. The van der Waals surface area contributed by atoms with Crippen LogP contribution in [-0.4, -0.2) is 33.4 Å². The molecular formula is C24H24F4N4O3. The summed E-state index contributed by atoms with van der Waals surface area (Å²) in [6, 6.07) is 8.07. The Bertz CT molecular complexity index is 1200. The van der Waals surface area contributed by atoms with E-state index in [1.54, 1.807) is 6.07 Å². The van der Waals surface area contributed by atoms with E-state index in [4.69, 9.17) is 5.73 Å². The smallest absolute Gasteiger partial charge is 0.363 e. The number of hydrogen-bond donors (Lipinski definition) is 2. The largest absolute Gasteiger partial charge is 0.416 e. The predicted octanol–water partition coefficient (Wildman–Crippen LogP) is 3.67. The molecule has 3 N–H and O–H groups in total. The summed E-state index contributed by atoms with van der Waals surface area (Å²) in [5, 5.41) is 6.46. The Morgan fingerprint density at radius 1 is 1.06 bits per heavy atom. The SMILES string of the molecule is CC.Cn1cc(C(=O)NC(Cc2ccc(C(F)(F)F)cc2)C(=O)C(N)=O)c(-c2ccccc2F)n1. The van der Waals surface area contributed by atoms with Crippen molar-refractivity contribution in [3.63, 3.8) is 0 Å². The lowest BCUT2D eigenvalue weighted by molar-refractivity contribution is -0.137. The van der Waals surface area contributed by atoms with Crippen LogP contribution in [0.4, 0.5) is 17.6 Å². The lowest BCUT2D eigenvalue weighted by atomic mass is 10.00. The van der Waals surface area contributed by atoms with Crippen LogP contribution in [0.2, 0.25) is 0 Å². The van der Waals surface area contributed by atoms with Gasteiger partial charge in [0.05, 0.1) is 11.1 Å². The highest BCUT2D eigenvalue weighted by Crippen LogP contribution is 2.29. The molecule has 186 valence electrons. The number of alkyl halides is 3. The van der Waals surface area contributed by atoms with Crippen molar-refractivity contribution in [3.05, 3.63) is 77.2 Å². The minimum absolute atomic E-state index is 0.00732. The van der Waals surface area contributed by atoms with E-state index in [1.807, 2.05) is 13.8 Å². The van der Waals surface area contributed by atoms with Gasteiger partial charge in [0.1, 0.15) is 17.6 Å². The van der Waals surface area contributed by atoms with Crippen LogP contribution in [0.1, 0.15) is 35.3 Å². The highest BCUT2D eigenvalue weighted by molar-refractivity contribution is 6.38. The molecule has 3 aromatic rings. The molecule has 1 aromatic heterocycles. The fraction of sp³-hybridized carbons (Fsp3) is 0.250. The minimum Gasteiger partial charge on any atom is -0.363 e. The number of rotatable bonds is 7. The van der Waals surface area contributed by atoms with Crippen molar-refractivity contribution in [1.82, 2.24) is 15.1 Å². The van der Waals surface area contributed by atoms with E-state index in [2.05, 4.69) is 10.4 Å². The number of ketones is 1. The van der Waals surface area contributed by atoms with Crippen LogP contribution < -0.4 is 11.1 Å². The molecule has 2 aromatic carbocycles. The van der Waals surface area contributed by atoms with Gasteiger partial charge in [0.15, 0.2) is 0 Å². The highest BCUT2D eigenvalue weighted by atomic mass is 19.4. The van der Waals surface area contributed by atoms with E-state index in [-0.39, 0.29) is 28.8 Å². The maximum atomic E-state index is 14.3. The van der Waals surface area contributed by atoms with E-state index in [1.165, 1.54) is 36.1 Å². The van der Waals surface area contributed by atoms with E-state index in [9.17, 15) is 31.9 Å². The normalized spacial score (nSPS) is 11.7. The summed E-state index contributed by atoms with van der Waals surface area (Å²) in [5.74, 6) is -3.93. The second kappa shape index (κ2) is 11.4. The molecule has 0 aliphatic heterocycles. The molecule has 0 fully saturated rings. The molecule has 11 heteroatoms. The van der Waals surface area contributed by atoms with Crippen molar-refractivity contribution in [1.29, 1.82) is 0 Å². The number of amides is 2. The summed E-state index contributed by atoms with van der Waals surface area (Å²) in [4.78, 5) is 36.7. The lowest BCUT2D eigenvalue weighted by Crippen LogP contribution is -2.47. The van der Waals surface area contributed by atoms with Crippen LogP contribution in [0.3, 0.4) is 0 Å². The third kappa shape index (κ3) is 6.75. The number of halogens is 4. The Morgan fingerprint density at radius 2 is 1.66 bits per heavy atom. The first-order chi connectivity index (χ1) is 16.5. The second-order valence-corrected chi connectivity index (χ2v) is 7.20. The molecule has 3 rings (SSSR count). The van der Waals surface area contributed by atoms with Gasteiger partial charge in [0.2, 0.25) is 5.78 Å². The first-order valence-electron chi connectivity index (χ1n) is 10.6. The van der Waals surface area contributed by atoms with Gasteiger partial charge in [-0.1, -0.05) is 38.1 Å². The summed E-state index contributed by atoms with van der Waals surface area (Å²) in [6.07, 6.45) is -3.53.